The number of fused-ring (bicyclic) bond motifs is 1. The van der Waals surface area contributed by atoms with Crippen LogP contribution in [0.15, 0.2) is 64.2 Å². The van der Waals surface area contributed by atoms with Crippen molar-refractivity contribution < 1.29 is 4.42 Å². The van der Waals surface area contributed by atoms with Crippen LogP contribution in [0.1, 0.15) is 24.0 Å². The van der Waals surface area contributed by atoms with Crippen LogP contribution in [-0.4, -0.2) is 19.7 Å². The molecule has 4 aromatic rings. The zero-order chi connectivity index (χ0) is 16.5. The third-order valence-electron chi connectivity index (χ3n) is 3.72. The first-order chi connectivity index (χ1) is 11.7. The maximum absolute atomic E-state index is 5.56. The Hall–Kier alpha value is -2.60. The molecule has 4 rings (SSSR count). The number of thioether (sulfide) groups is 1. The molecule has 2 aromatic carbocycles. The van der Waals surface area contributed by atoms with Gasteiger partial charge in [0.1, 0.15) is 0 Å². The minimum atomic E-state index is 0.0190. The van der Waals surface area contributed by atoms with Gasteiger partial charge in [-0.25, -0.2) is 4.98 Å². The minimum Gasteiger partial charge on any atom is -0.424 e. The second kappa shape index (κ2) is 6.13. The summed E-state index contributed by atoms with van der Waals surface area (Å²) in [6.45, 7) is 3.85. The van der Waals surface area contributed by atoms with Crippen molar-refractivity contribution in [3.05, 3.63) is 66.4 Å². The molecule has 0 radical (unpaired) electrons. The fraction of sp³-hybridized carbons (Fsp3) is 0.167. The van der Waals surface area contributed by atoms with Crippen molar-refractivity contribution in [1.29, 1.82) is 0 Å². The molecular formula is C18H16N4OS. The quantitative estimate of drug-likeness (QED) is 0.511. The molecule has 0 saturated heterocycles. The molecule has 0 bridgehead atoms. The average molecular weight is 336 g/mol. The van der Waals surface area contributed by atoms with Crippen LogP contribution >= 0.6 is 11.8 Å². The maximum atomic E-state index is 5.56. The molecular weight excluding hydrogens is 320 g/mol. The zero-order valence-corrected chi connectivity index (χ0v) is 14.2. The van der Waals surface area contributed by atoms with Gasteiger partial charge in [-0.3, -0.25) is 4.57 Å². The van der Waals surface area contributed by atoms with Crippen LogP contribution in [0.4, 0.5) is 0 Å². The smallest absolute Gasteiger partial charge is 0.229 e. The zero-order valence-electron chi connectivity index (χ0n) is 13.4. The molecule has 120 valence electrons. The summed E-state index contributed by atoms with van der Waals surface area (Å²) in [6, 6.07) is 18.4. The van der Waals surface area contributed by atoms with Crippen LogP contribution in [-0.2, 0) is 0 Å². The Kier molecular flexibility index (Phi) is 3.82. The first-order valence-electron chi connectivity index (χ1n) is 7.72. The Morgan fingerprint density at radius 2 is 1.75 bits per heavy atom. The summed E-state index contributed by atoms with van der Waals surface area (Å²) in [5.41, 5.74) is 3.14. The van der Waals surface area contributed by atoms with Crippen LogP contribution in [0, 0.1) is 6.92 Å². The lowest BCUT2D eigenvalue weighted by Gasteiger charge is -2.10. The van der Waals surface area contributed by atoms with Gasteiger partial charge in [-0.2, -0.15) is 0 Å². The molecule has 0 fully saturated rings. The van der Waals surface area contributed by atoms with E-state index < -0.39 is 0 Å². The van der Waals surface area contributed by atoms with Crippen LogP contribution in [0.5, 0.6) is 0 Å². The Morgan fingerprint density at radius 3 is 2.50 bits per heavy atom. The lowest BCUT2D eigenvalue weighted by molar-refractivity contribution is 0.470. The highest BCUT2D eigenvalue weighted by atomic mass is 32.2. The molecule has 0 spiro atoms. The molecule has 0 amide bonds. The van der Waals surface area contributed by atoms with E-state index in [0.29, 0.717) is 11.8 Å². The summed E-state index contributed by atoms with van der Waals surface area (Å²) in [5, 5.41) is 8.97. The standard InChI is InChI=1S/C18H16N4OS/c1-12(17-21-20-13(2)23-17)24-18-19-15-10-6-7-11-16(15)22(18)14-8-4-3-5-9-14/h3-12H,1-2H3/t12-/m1/s1. The van der Waals surface area contributed by atoms with Crippen LogP contribution < -0.4 is 0 Å². The van der Waals surface area contributed by atoms with E-state index in [2.05, 4.69) is 33.0 Å². The van der Waals surface area contributed by atoms with E-state index in [9.17, 15) is 0 Å². The first-order valence-corrected chi connectivity index (χ1v) is 8.60. The minimum absolute atomic E-state index is 0.0190. The number of nitrogens with zero attached hydrogens (tertiary/aromatic N) is 4. The topological polar surface area (TPSA) is 56.7 Å². The molecule has 2 heterocycles. The SMILES string of the molecule is Cc1nnc([C@@H](C)Sc2nc3ccccc3n2-c2ccccc2)o1. The summed E-state index contributed by atoms with van der Waals surface area (Å²) in [7, 11) is 0. The second-order valence-electron chi connectivity index (χ2n) is 5.47. The van der Waals surface area contributed by atoms with Gasteiger partial charge >= 0.3 is 0 Å². The van der Waals surface area contributed by atoms with Gasteiger partial charge in [-0.05, 0) is 31.2 Å². The van der Waals surface area contributed by atoms with E-state index in [1.54, 1.807) is 18.7 Å². The van der Waals surface area contributed by atoms with Gasteiger partial charge < -0.3 is 4.42 Å². The number of aromatic nitrogens is 4. The molecule has 24 heavy (non-hydrogen) atoms. The largest absolute Gasteiger partial charge is 0.424 e. The van der Waals surface area contributed by atoms with Crippen molar-refractivity contribution in [3.63, 3.8) is 0 Å². The number of rotatable bonds is 4. The number of hydrogen-bond donors (Lipinski definition) is 0. The van der Waals surface area contributed by atoms with Crippen molar-refractivity contribution in [2.24, 2.45) is 0 Å². The van der Waals surface area contributed by atoms with E-state index >= 15 is 0 Å². The fourth-order valence-electron chi connectivity index (χ4n) is 2.59. The Balaban J connectivity index is 1.80. The van der Waals surface area contributed by atoms with Gasteiger partial charge in [0, 0.05) is 12.6 Å². The van der Waals surface area contributed by atoms with Crippen LogP contribution in [0.3, 0.4) is 0 Å². The average Bonchev–Trinajstić information content (AvgIpc) is 3.19. The molecule has 6 heteroatoms. The monoisotopic (exact) mass is 336 g/mol. The van der Waals surface area contributed by atoms with Gasteiger partial charge in [-0.1, -0.05) is 42.1 Å². The predicted octanol–water partition coefficient (Wildman–Crippen LogP) is 4.57. The van der Waals surface area contributed by atoms with E-state index in [0.717, 1.165) is 21.9 Å². The molecule has 0 N–H and O–H groups in total. The number of para-hydroxylation sites is 3. The summed E-state index contributed by atoms with van der Waals surface area (Å²) in [4.78, 5) is 4.80. The summed E-state index contributed by atoms with van der Waals surface area (Å²) >= 11 is 1.61. The van der Waals surface area contributed by atoms with Crippen molar-refractivity contribution in [1.82, 2.24) is 19.7 Å². The molecule has 1 atom stereocenters. The van der Waals surface area contributed by atoms with Gasteiger partial charge in [0.25, 0.3) is 0 Å². The second-order valence-corrected chi connectivity index (χ2v) is 6.78. The van der Waals surface area contributed by atoms with Gasteiger partial charge in [-0.15, -0.1) is 10.2 Å². The first kappa shape index (κ1) is 15.0. The third-order valence-corrected chi connectivity index (χ3v) is 4.76. The van der Waals surface area contributed by atoms with E-state index in [-0.39, 0.29) is 5.25 Å². The number of aryl methyl sites for hydroxylation is 1. The number of imidazole rings is 1. The maximum Gasteiger partial charge on any atom is 0.229 e. The summed E-state index contributed by atoms with van der Waals surface area (Å²) in [5.74, 6) is 1.19. The molecule has 2 aromatic heterocycles. The molecule has 0 aliphatic rings. The lowest BCUT2D eigenvalue weighted by Crippen LogP contribution is -1.98. The third kappa shape index (κ3) is 2.69. The number of hydrogen-bond acceptors (Lipinski definition) is 5. The van der Waals surface area contributed by atoms with Crippen LogP contribution in [0.25, 0.3) is 16.7 Å². The van der Waals surface area contributed by atoms with E-state index in [1.165, 1.54) is 0 Å². The van der Waals surface area contributed by atoms with Gasteiger partial charge in [0.15, 0.2) is 5.16 Å². The lowest BCUT2D eigenvalue weighted by atomic mass is 10.3. The van der Waals surface area contributed by atoms with Crippen molar-refractivity contribution in [2.45, 2.75) is 24.3 Å². The molecule has 0 unspecified atom stereocenters. The van der Waals surface area contributed by atoms with Crippen molar-refractivity contribution >= 4 is 22.8 Å². The van der Waals surface area contributed by atoms with Crippen molar-refractivity contribution in [2.75, 3.05) is 0 Å². The molecule has 0 saturated carbocycles. The van der Waals surface area contributed by atoms with Gasteiger partial charge in [0.05, 0.1) is 16.3 Å². The molecule has 5 nitrogen and oxygen atoms in total. The van der Waals surface area contributed by atoms with E-state index in [4.69, 9.17) is 9.40 Å². The predicted molar refractivity (Wildman–Crippen MR) is 94.4 cm³/mol. The molecule has 0 aliphatic carbocycles. The Bertz CT molecular complexity index is 977. The van der Waals surface area contributed by atoms with E-state index in [1.807, 2.05) is 43.3 Å². The fourth-order valence-corrected chi connectivity index (χ4v) is 3.57. The number of benzene rings is 2. The highest BCUT2D eigenvalue weighted by Crippen LogP contribution is 2.36. The summed E-state index contributed by atoms with van der Waals surface area (Å²) in [6.07, 6.45) is 0. The highest BCUT2D eigenvalue weighted by Gasteiger charge is 2.19. The van der Waals surface area contributed by atoms with Crippen molar-refractivity contribution in [3.8, 4) is 5.69 Å². The normalized spacial score (nSPS) is 12.6. The highest BCUT2D eigenvalue weighted by molar-refractivity contribution is 7.99. The van der Waals surface area contributed by atoms with Crippen LogP contribution in [0.2, 0.25) is 0 Å². The molecule has 0 aliphatic heterocycles. The van der Waals surface area contributed by atoms with Gasteiger partial charge in [0.2, 0.25) is 11.8 Å². The Morgan fingerprint density at radius 1 is 1.00 bits per heavy atom. The summed E-state index contributed by atoms with van der Waals surface area (Å²) < 4.78 is 7.72. The Labute approximate surface area is 143 Å².